The van der Waals surface area contributed by atoms with Crippen molar-refractivity contribution in [3.63, 3.8) is 0 Å². The normalized spacial score (nSPS) is 10.9. The lowest BCUT2D eigenvalue weighted by Crippen LogP contribution is -2.08. The molecule has 8 heteroatoms. The lowest BCUT2D eigenvalue weighted by Gasteiger charge is -2.10. The molecule has 0 radical (unpaired) electrons. The zero-order chi connectivity index (χ0) is 21.5. The van der Waals surface area contributed by atoms with E-state index in [0.717, 1.165) is 17.5 Å². The van der Waals surface area contributed by atoms with Gasteiger partial charge in [0, 0.05) is 25.5 Å². The van der Waals surface area contributed by atoms with Gasteiger partial charge in [-0.05, 0) is 17.7 Å². The molecule has 4 aromatic rings. The van der Waals surface area contributed by atoms with Crippen LogP contribution in [0.5, 0.6) is 5.75 Å². The first-order valence-corrected chi connectivity index (χ1v) is 10.8. The van der Waals surface area contributed by atoms with Crippen LogP contribution in [0.3, 0.4) is 0 Å². The second-order valence-corrected chi connectivity index (χ2v) is 7.71. The number of ether oxygens (including phenoxy) is 1. The third kappa shape index (κ3) is 5.21. The van der Waals surface area contributed by atoms with Crippen LogP contribution in [-0.2, 0) is 25.4 Å². The molecule has 0 unspecified atom stereocenters. The number of allylic oxidation sites excluding steroid dienone is 1. The van der Waals surface area contributed by atoms with Crippen LogP contribution in [0.4, 0.5) is 4.39 Å². The summed E-state index contributed by atoms with van der Waals surface area (Å²) < 4.78 is 23.5. The van der Waals surface area contributed by atoms with Gasteiger partial charge in [0.1, 0.15) is 12.4 Å². The SMILES string of the molecule is C=CCn1c(COc2ccccc2F)nnc1SCc1nccn1Cc1ccccc1. The van der Waals surface area contributed by atoms with Gasteiger partial charge in [-0.2, -0.15) is 0 Å². The number of para-hydroxylation sites is 1. The molecule has 0 bridgehead atoms. The molecule has 2 heterocycles. The molecule has 0 N–H and O–H groups in total. The highest BCUT2D eigenvalue weighted by molar-refractivity contribution is 7.98. The van der Waals surface area contributed by atoms with Gasteiger partial charge in [0.25, 0.3) is 0 Å². The molecule has 2 aromatic carbocycles. The second-order valence-electron chi connectivity index (χ2n) is 6.76. The van der Waals surface area contributed by atoms with Gasteiger partial charge in [0.15, 0.2) is 22.5 Å². The van der Waals surface area contributed by atoms with Crippen molar-refractivity contribution in [1.29, 1.82) is 0 Å². The van der Waals surface area contributed by atoms with E-state index in [9.17, 15) is 4.39 Å². The predicted molar refractivity (Wildman–Crippen MR) is 118 cm³/mol. The van der Waals surface area contributed by atoms with Crippen molar-refractivity contribution in [3.8, 4) is 5.75 Å². The summed E-state index contributed by atoms with van der Waals surface area (Å²) in [6, 6.07) is 16.6. The molecule has 0 fully saturated rings. The van der Waals surface area contributed by atoms with Crippen LogP contribution >= 0.6 is 11.8 Å². The van der Waals surface area contributed by atoms with Crippen LogP contribution in [0.2, 0.25) is 0 Å². The quantitative estimate of drug-likeness (QED) is 0.267. The number of rotatable bonds is 10. The van der Waals surface area contributed by atoms with E-state index in [2.05, 4.69) is 38.5 Å². The molecule has 158 valence electrons. The molecule has 0 saturated carbocycles. The number of aromatic nitrogens is 5. The van der Waals surface area contributed by atoms with E-state index in [0.29, 0.717) is 18.1 Å². The zero-order valence-electron chi connectivity index (χ0n) is 16.9. The highest BCUT2D eigenvalue weighted by atomic mass is 32.2. The summed E-state index contributed by atoms with van der Waals surface area (Å²) in [4.78, 5) is 4.49. The van der Waals surface area contributed by atoms with Crippen LogP contribution in [0.15, 0.2) is 84.8 Å². The summed E-state index contributed by atoms with van der Waals surface area (Å²) in [7, 11) is 0. The monoisotopic (exact) mass is 435 g/mol. The Hall–Kier alpha value is -3.39. The van der Waals surface area contributed by atoms with E-state index in [1.165, 1.54) is 11.6 Å². The van der Waals surface area contributed by atoms with Crippen molar-refractivity contribution in [2.45, 2.75) is 30.6 Å². The van der Waals surface area contributed by atoms with Gasteiger partial charge in [-0.1, -0.05) is 60.3 Å². The fourth-order valence-electron chi connectivity index (χ4n) is 3.08. The van der Waals surface area contributed by atoms with Crippen molar-refractivity contribution in [1.82, 2.24) is 24.3 Å². The summed E-state index contributed by atoms with van der Waals surface area (Å²) in [5.74, 6) is 1.98. The number of thioether (sulfide) groups is 1. The number of benzene rings is 2. The Bertz CT molecular complexity index is 1140. The number of nitrogens with zero attached hydrogens (tertiary/aromatic N) is 5. The average Bonchev–Trinajstić information content (AvgIpc) is 3.39. The molecule has 2 aromatic heterocycles. The lowest BCUT2D eigenvalue weighted by molar-refractivity contribution is 0.275. The van der Waals surface area contributed by atoms with Crippen molar-refractivity contribution in [2.75, 3.05) is 0 Å². The maximum atomic E-state index is 13.8. The van der Waals surface area contributed by atoms with Crippen LogP contribution in [-0.4, -0.2) is 24.3 Å². The number of halogens is 1. The van der Waals surface area contributed by atoms with Gasteiger partial charge in [0.05, 0.1) is 5.75 Å². The van der Waals surface area contributed by atoms with Crippen molar-refractivity contribution in [3.05, 3.63) is 103 Å². The fourth-order valence-corrected chi connectivity index (χ4v) is 4.02. The number of hydrogen-bond acceptors (Lipinski definition) is 5. The summed E-state index contributed by atoms with van der Waals surface area (Å²) in [5, 5.41) is 9.28. The van der Waals surface area contributed by atoms with E-state index < -0.39 is 5.82 Å². The second kappa shape index (κ2) is 10.1. The summed E-state index contributed by atoms with van der Waals surface area (Å²) >= 11 is 1.54. The van der Waals surface area contributed by atoms with Crippen molar-refractivity contribution < 1.29 is 9.13 Å². The van der Waals surface area contributed by atoms with E-state index in [4.69, 9.17) is 4.74 Å². The highest BCUT2D eigenvalue weighted by Gasteiger charge is 2.15. The first-order valence-electron chi connectivity index (χ1n) is 9.81. The topological polar surface area (TPSA) is 57.8 Å². The first kappa shape index (κ1) is 20.9. The lowest BCUT2D eigenvalue weighted by atomic mass is 10.2. The molecule has 0 aliphatic heterocycles. The molecule has 0 amide bonds. The largest absolute Gasteiger partial charge is 0.483 e. The third-order valence-electron chi connectivity index (χ3n) is 4.63. The van der Waals surface area contributed by atoms with Crippen LogP contribution in [0, 0.1) is 5.82 Å². The number of hydrogen-bond donors (Lipinski definition) is 0. The number of imidazole rings is 1. The maximum Gasteiger partial charge on any atom is 0.192 e. The van der Waals surface area contributed by atoms with Gasteiger partial charge in [-0.3, -0.25) is 4.57 Å². The first-order chi connectivity index (χ1) is 15.2. The van der Waals surface area contributed by atoms with Crippen LogP contribution in [0.25, 0.3) is 0 Å². The molecule has 4 rings (SSSR count). The molecule has 0 saturated heterocycles. The standard InChI is InChI=1S/C23H22FN5OS/c1-2-13-29-21(16-30-20-11-7-6-10-19(20)24)26-27-23(29)31-17-22-25-12-14-28(22)15-18-8-4-3-5-9-18/h2-12,14H,1,13,15-17H2. The zero-order valence-corrected chi connectivity index (χ0v) is 17.7. The van der Waals surface area contributed by atoms with Gasteiger partial charge in [-0.25, -0.2) is 9.37 Å². The Balaban J connectivity index is 1.44. The predicted octanol–water partition coefficient (Wildman–Crippen LogP) is 4.72. The summed E-state index contributed by atoms with van der Waals surface area (Å²) in [5.41, 5.74) is 1.22. The van der Waals surface area contributed by atoms with Gasteiger partial charge in [-0.15, -0.1) is 16.8 Å². The molecule has 31 heavy (non-hydrogen) atoms. The Morgan fingerprint density at radius 2 is 1.84 bits per heavy atom. The van der Waals surface area contributed by atoms with E-state index in [-0.39, 0.29) is 12.4 Å². The van der Waals surface area contributed by atoms with Gasteiger partial charge >= 0.3 is 0 Å². The summed E-state index contributed by atoms with van der Waals surface area (Å²) in [6.07, 6.45) is 5.56. The molecular weight excluding hydrogens is 413 g/mol. The summed E-state index contributed by atoms with van der Waals surface area (Å²) in [6.45, 7) is 5.23. The fraction of sp³-hybridized carbons (Fsp3) is 0.174. The van der Waals surface area contributed by atoms with Crippen LogP contribution in [0.1, 0.15) is 17.2 Å². The Labute approximate surface area is 184 Å². The van der Waals surface area contributed by atoms with E-state index in [1.54, 1.807) is 42.2 Å². The molecule has 0 atom stereocenters. The minimum absolute atomic E-state index is 0.116. The van der Waals surface area contributed by atoms with Gasteiger partial charge < -0.3 is 9.30 Å². The van der Waals surface area contributed by atoms with E-state index in [1.807, 2.05) is 29.0 Å². The highest BCUT2D eigenvalue weighted by Crippen LogP contribution is 2.23. The van der Waals surface area contributed by atoms with Crippen LogP contribution < -0.4 is 4.74 Å². The Kier molecular flexibility index (Phi) is 6.78. The van der Waals surface area contributed by atoms with Crippen molar-refractivity contribution >= 4 is 11.8 Å². The molecule has 6 nitrogen and oxygen atoms in total. The molecular formula is C23H22FN5OS. The molecule has 0 aliphatic rings. The molecule has 0 spiro atoms. The Morgan fingerprint density at radius 3 is 2.65 bits per heavy atom. The maximum absolute atomic E-state index is 13.8. The van der Waals surface area contributed by atoms with Crippen molar-refractivity contribution in [2.24, 2.45) is 0 Å². The Morgan fingerprint density at radius 1 is 1.03 bits per heavy atom. The smallest absolute Gasteiger partial charge is 0.192 e. The minimum Gasteiger partial charge on any atom is -0.483 e. The van der Waals surface area contributed by atoms with Gasteiger partial charge in [0.2, 0.25) is 0 Å². The minimum atomic E-state index is -0.405. The van der Waals surface area contributed by atoms with E-state index >= 15 is 0 Å². The third-order valence-corrected chi connectivity index (χ3v) is 5.59. The average molecular weight is 436 g/mol. The molecule has 0 aliphatic carbocycles.